The van der Waals surface area contributed by atoms with E-state index in [9.17, 15) is 8.78 Å². The third-order valence-electron chi connectivity index (χ3n) is 3.93. The van der Waals surface area contributed by atoms with Gasteiger partial charge in [-0.2, -0.15) is 0 Å². The molecule has 2 aromatic rings. The number of nitrogens with two attached hydrogens (primary N) is 1. The molecule has 0 aromatic heterocycles. The van der Waals surface area contributed by atoms with Crippen molar-refractivity contribution in [1.29, 1.82) is 0 Å². The van der Waals surface area contributed by atoms with Crippen LogP contribution >= 0.6 is 0 Å². The van der Waals surface area contributed by atoms with E-state index in [1.165, 1.54) is 24.3 Å². The summed E-state index contributed by atoms with van der Waals surface area (Å²) in [4.78, 5) is 4.72. The molecule has 0 bridgehead atoms. The molecule has 0 amide bonds. The van der Waals surface area contributed by atoms with Gasteiger partial charge >= 0.3 is 0 Å². The molecule has 0 saturated heterocycles. The Kier molecular flexibility index (Phi) is 3.66. The molecule has 1 aliphatic heterocycles. The van der Waals surface area contributed by atoms with Crippen LogP contribution in [-0.2, 0) is 12.0 Å². The van der Waals surface area contributed by atoms with E-state index in [0.717, 1.165) is 17.0 Å². The maximum atomic E-state index is 13.1. The Hall–Kier alpha value is -2.27. The van der Waals surface area contributed by atoms with Crippen LogP contribution in [-0.4, -0.2) is 17.4 Å². The number of hydrazine groups is 1. The van der Waals surface area contributed by atoms with Gasteiger partial charge in [0.05, 0.1) is 6.54 Å². The zero-order valence-electron chi connectivity index (χ0n) is 12.3. The minimum absolute atomic E-state index is 0.266. The van der Waals surface area contributed by atoms with E-state index in [0.29, 0.717) is 13.0 Å². The quantitative estimate of drug-likeness (QED) is 0.886. The Balaban J connectivity index is 1.85. The molecule has 22 heavy (non-hydrogen) atoms. The van der Waals surface area contributed by atoms with Crippen LogP contribution in [0.5, 0.6) is 0 Å². The molecule has 0 fully saturated rings. The molecule has 114 valence electrons. The van der Waals surface area contributed by atoms with Gasteiger partial charge in [0.25, 0.3) is 0 Å². The normalized spacial score (nSPS) is 21.1. The molecular formula is C17H17F2N3. The van der Waals surface area contributed by atoms with Crippen molar-refractivity contribution in [3.8, 4) is 0 Å². The summed E-state index contributed by atoms with van der Waals surface area (Å²) in [6.45, 7) is 2.49. The van der Waals surface area contributed by atoms with Gasteiger partial charge in [-0.25, -0.2) is 14.6 Å². The average Bonchev–Trinajstić information content (AvgIpc) is 2.77. The summed E-state index contributed by atoms with van der Waals surface area (Å²) in [7, 11) is 0. The monoisotopic (exact) mass is 301 g/mol. The van der Waals surface area contributed by atoms with Gasteiger partial charge in [0.2, 0.25) is 0 Å². The highest BCUT2D eigenvalue weighted by Gasteiger charge is 2.35. The zero-order chi connectivity index (χ0) is 15.7. The Bertz CT molecular complexity index is 695. The molecule has 1 atom stereocenters. The molecule has 5 heteroatoms. The fraction of sp³-hybridized carbons (Fsp3) is 0.235. The number of aliphatic imine (C=N–C) groups is 1. The van der Waals surface area contributed by atoms with Gasteiger partial charge in [-0.05, 0) is 42.3 Å². The van der Waals surface area contributed by atoms with Crippen LogP contribution in [0.2, 0.25) is 0 Å². The van der Waals surface area contributed by atoms with Crippen molar-refractivity contribution in [3.63, 3.8) is 0 Å². The summed E-state index contributed by atoms with van der Waals surface area (Å²) in [6.07, 6.45) is 0.535. The standard InChI is InChI=1S/C17H17F2N3/c1-17(13-4-8-15(19)9-5-13)11-22(20)16(21-17)10-12-2-6-14(18)7-3-12/h2-9H,10-11,20H2,1H3. The highest BCUT2D eigenvalue weighted by atomic mass is 19.1. The predicted octanol–water partition coefficient (Wildman–Crippen LogP) is 3.01. The topological polar surface area (TPSA) is 41.6 Å². The molecule has 2 aromatic carbocycles. The lowest BCUT2D eigenvalue weighted by atomic mass is 9.93. The smallest absolute Gasteiger partial charge is 0.123 e. The van der Waals surface area contributed by atoms with Crippen molar-refractivity contribution >= 4 is 5.84 Å². The van der Waals surface area contributed by atoms with Gasteiger partial charge < -0.3 is 0 Å². The first-order chi connectivity index (χ1) is 10.5. The number of benzene rings is 2. The molecule has 1 heterocycles. The first-order valence-electron chi connectivity index (χ1n) is 7.08. The molecule has 3 rings (SSSR count). The molecule has 3 nitrogen and oxygen atoms in total. The largest absolute Gasteiger partial charge is 0.296 e. The summed E-state index contributed by atoms with van der Waals surface area (Å²) in [5.41, 5.74) is 1.36. The SMILES string of the molecule is CC1(c2ccc(F)cc2)CN(N)C(Cc2ccc(F)cc2)=N1. The fourth-order valence-electron chi connectivity index (χ4n) is 2.70. The second-order valence-corrected chi connectivity index (χ2v) is 5.74. The summed E-state index contributed by atoms with van der Waals surface area (Å²) >= 11 is 0. The van der Waals surface area contributed by atoms with E-state index in [1.807, 2.05) is 6.92 Å². The van der Waals surface area contributed by atoms with E-state index in [-0.39, 0.29) is 11.6 Å². The highest BCUT2D eigenvalue weighted by Crippen LogP contribution is 2.31. The van der Waals surface area contributed by atoms with Crippen LogP contribution in [0.15, 0.2) is 53.5 Å². The van der Waals surface area contributed by atoms with Crippen molar-refractivity contribution in [1.82, 2.24) is 5.01 Å². The molecule has 0 radical (unpaired) electrons. The predicted molar refractivity (Wildman–Crippen MR) is 82.2 cm³/mol. The third kappa shape index (κ3) is 2.85. The maximum Gasteiger partial charge on any atom is 0.123 e. The van der Waals surface area contributed by atoms with Crippen LogP contribution < -0.4 is 5.84 Å². The number of rotatable bonds is 3. The Morgan fingerprint density at radius 3 is 2.18 bits per heavy atom. The number of halogens is 2. The second kappa shape index (κ2) is 5.50. The lowest BCUT2D eigenvalue weighted by Gasteiger charge is -2.22. The number of hydrogen-bond donors (Lipinski definition) is 1. The van der Waals surface area contributed by atoms with Gasteiger partial charge in [0.1, 0.15) is 23.0 Å². The van der Waals surface area contributed by atoms with Crippen LogP contribution in [0.25, 0.3) is 0 Å². The molecule has 0 saturated carbocycles. The van der Waals surface area contributed by atoms with Crippen LogP contribution in [0.4, 0.5) is 8.78 Å². The highest BCUT2D eigenvalue weighted by molar-refractivity contribution is 5.86. The Morgan fingerprint density at radius 1 is 1.05 bits per heavy atom. The summed E-state index contributed by atoms with van der Waals surface area (Å²) in [5.74, 6) is 6.25. The summed E-state index contributed by atoms with van der Waals surface area (Å²) < 4.78 is 26.0. The molecular weight excluding hydrogens is 284 g/mol. The van der Waals surface area contributed by atoms with Gasteiger partial charge in [-0.3, -0.25) is 10.0 Å². The van der Waals surface area contributed by atoms with E-state index < -0.39 is 5.54 Å². The summed E-state index contributed by atoms with van der Waals surface area (Å²) in [5, 5.41) is 1.60. The van der Waals surface area contributed by atoms with Gasteiger partial charge in [-0.15, -0.1) is 0 Å². The van der Waals surface area contributed by atoms with Crippen molar-refractivity contribution in [2.45, 2.75) is 18.9 Å². The molecule has 1 aliphatic rings. The average molecular weight is 301 g/mol. The van der Waals surface area contributed by atoms with Crippen molar-refractivity contribution in [2.75, 3.05) is 6.54 Å². The molecule has 0 spiro atoms. The fourth-order valence-corrected chi connectivity index (χ4v) is 2.70. The Morgan fingerprint density at radius 2 is 1.59 bits per heavy atom. The van der Waals surface area contributed by atoms with Crippen molar-refractivity contribution in [3.05, 3.63) is 71.3 Å². The first kappa shape index (κ1) is 14.7. The number of hydrogen-bond acceptors (Lipinski definition) is 3. The lowest BCUT2D eigenvalue weighted by molar-refractivity contribution is 0.372. The number of amidine groups is 1. The molecule has 1 unspecified atom stereocenters. The van der Waals surface area contributed by atoms with E-state index >= 15 is 0 Å². The van der Waals surface area contributed by atoms with Gasteiger partial charge in [-0.1, -0.05) is 24.3 Å². The van der Waals surface area contributed by atoms with E-state index in [2.05, 4.69) is 0 Å². The van der Waals surface area contributed by atoms with Crippen LogP contribution in [0.1, 0.15) is 18.1 Å². The van der Waals surface area contributed by atoms with Gasteiger partial charge in [0, 0.05) is 6.42 Å². The zero-order valence-corrected chi connectivity index (χ0v) is 12.3. The Labute approximate surface area is 128 Å². The molecule has 0 aliphatic carbocycles. The number of nitrogens with zero attached hydrogens (tertiary/aromatic N) is 2. The van der Waals surface area contributed by atoms with Crippen LogP contribution in [0.3, 0.4) is 0 Å². The maximum absolute atomic E-state index is 13.1. The molecule has 2 N–H and O–H groups in total. The van der Waals surface area contributed by atoms with E-state index in [4.69, 9.17) is 10.8 Å². The second-order valence-electron chi connectivity index (χ2n) is 5.74. The minimum atomic E-state index is -0.502. The summed E-state index contributed by atoms with van der Waals surface area (Å²) in [6, 6.07) is 12.6. The van der Waals surface area contributed by atoms with Gasteiger partial charge in [0.15, 0.2) is 0 Å². The minimum Gasteiger partial charge on any atom is -0.296 e. The lowest BCUT2D eigenvalue weighted by Crippen LogP contribution is -2.38. The van der Waals surface area contributed by atoms with E-state index in [1.54, 1.807) is 29.3 Å². The third-order valence-corrected chi connectivity index (χ3v) is 3.93. The van der Waals surface area contributed by atoms with Crippen molar-refractivity contribution < 1.29 is 8.78 Å². The van der Waals surface area contributed by atoms with Crippen molar-refractivity contribution in [2.24, 2.45) is 10.8 Å². The van der Waals surface area contributed by atoms with Crippen LogP contribution in [0, 0.1) is 11.6 Å². The first-order valence-corrected chi connectivity index (χ1v) is 7.08.